The van der Waals surface area contributed by atoms with Crippen molar-refractivity contribution in [2.75, 3.05) is 13.2 Å². The van der Waals surface area contributed by atoms with Crippen molar-refractivity contribution in [1.29, 1.82) is 0 Å². The van der Waals surface area contributed by atoms with Crippen LogP contribution in [0.2, 0.25) is 5.02 Å². The zero-order valence-electron chi connectivity index (χ0n) is 19.8. The number of fused-ring (bicyclic) bond motifs is 3. The summed E-state index contributed by atoms with van der Waals surface area (Å²) in [4.78, 5) is 17.7. The summed E-state index contributed by atoms with van der Waals surface area (Å²) in [7, 11) is -3.99. The van der Waals surface area contributed by atoms with Crippen molar-refractivity contribution < 1.29 is 63.7 Å². The van der Waals surface area contributed by atoms with Gasteiger partial charge in [-0.1, -0.05) is 17.7 Å². The molecule has 0 saturated carbocycles. The van der Waals surface area contributed by atoms with Crippen LogP contribution in [-0.4, -0.2) is 60.0 Å². The van der Waals surface area contributed by atoms with Gasteiger partial charge in [0.2, 0.25) is 0 Å². The minimum Gasteiger partial charge on any atom is -0.492 e. The quantitative estimate of drug-likeness (QED) is 0.341. The highest BCUT2D eigenvalue weighted by Crippen LogP contribution is 2.40. The number of hydrogen-bond acceptors (Lipinski definition) is 6. The molecule has 2 aromatic carbocycles. The monoisotopic (exact) mass is 622 g/mol. The highest BCUT2D eigenvalue weighted by atomic mass is 35.5. The molecule has 18 heteroatoms. The number of alkyl halides is 6. The number of nitrogens with zero attached hydrogens (tertiary/aromatic N) is 1. The van der Waals surface area contributed by atoms with E-state index in [2.05, 4.69) is 5.32 Å². The molecule has 0 bridgehead atoms. The van der Waals surface area contributed by atoms with Crippen LogP contribution in [0.25, 0.3) is 10.9 Å². The van der Waals surface area contributed by atoms with E-state index >= 15 is 0 Å². The summed E-state index contributed by atoms with van der Waals surface area (Å²) in [5, 5.41) is 18.5. The third kappa shape index (κ3) is 7.76. The number of ether oxygens (including phenoxy) is 1. The van der Waals surface area contributed by atoms with Crippen LogP contribution >= 0.6 is 11.6 Å². The Bertz CT molecular complexity index is 1480. The second-order valence-corrected chi connectivity index (χ2v) is 9.96. The van der Waals surface area contributed by atoms with Crippen molar-refractivity contribution in [2.45, 2.75) is 30.2 Å². The molecule has 2 heterocycles. The molecule has 1 aromatic heterocycles. The average molecular weight is 623 g/mol. The average Bonchev–Trinajstić information content (AvgIpc) is 3.06. The van der Waals surface area contributed by atoms with E-state index in [0.29, 0.717) is 34.8 Å². The third-order valence-corrected chi connectivity index (χ3v) is 6.93. The summed E-state index contributed by atoms with van der Waals surface area (Å²) in [5.74, 6) is -5.45. The van der Waals surface area contributed by atoms with Crippen molar-refractivity contribution >= 4 is 44.5 Å². The minimum atomic E-state index is -5.08. The first-order valence-electron chi connectivity index (χ1n) is 10.6. The number of rotatable bonds is 2. The van der Waals surface area contributed by atoms with Gasteiger partial charge >= 0.3 is 24.3 Å². The Morgan fingerprint density at radius 3 is 2.10 bits per heavy atom. The molecule has 3 N–H and O–H groups in total. The lowest BCUT2D eigenvalue weighted by Crippen LogP contribution is -2.21. The summed E-state index contributed by atoms with van der Waals surface area (Å²) < 4.78 is 110. The zero-order chi connectivity index (χ0) is 30.6. The van der Waals surface area contributed by atoms with Gasteiger partial charge in [-0.2, -0.15) is 26.3 Å². The number of carbonyl (C=O) groups is 2. The summed E-state index contributed by atoms with van der Waals surface area (Å²) in [6, 6.07) is 8.26. The van der Waals surface area contributed by atoms with E-state index in [4.69, 9.17) is 36.1 Å². The van der Waals surface area contributed by atoms with Gasteiger partial charge in [0.1, 0.15) is 18.2 Å². The van der Waals surface area contributed by atoms with E-state index in [0.717, 1.165) is 15.6 Å². The molecule has 9 nitrogen and oxygen atoms in total. The lowest BCUT2D eigenvalue weighted by Gasteiger charge is -2.15. The number of nitrogens with one attached hydrogen (secondary N) is 1. The number of carboxylic acids is 2. The highest BCUT2D eigenvalue weighted by molar-refractivity contribution is 7.90. The Labute approximate surface area is 225 Å². The first-order valence-corrected chi connectivity index (χ1v) is 12.4. The minimum absolute atomic E-state index is 0.0542. The Hall–Kier alpha value is -3.57. The van der Waals surface area contributed by atoms with Gasteiger partial charge in [0.25, 0.3) is 10.0 Å². The molecule has 1 aliphatic rings. The molecule has 1 aliphatic heterocycles. The van der Waals surface area contributed by atoms with Gasteiger partial charge in [-0.05, 0) is 37.3 Å². The molecule has 40 heavy (non-hydrogen) atoms. The SMILES string of the molecule is CC1NCCOc2ccc3c(c(Cl)cn3S(=O)(=O)c3cccc(F)c3)c21.O=C(O)C(F)(F)F.O=C(O)C(F)(F)F. The zero-order valence-corrected chi connectivity index (χ0v) is 21.4. The lowest BCUT2D eigenvalue weighted by atomic mass is 10.0. The molecule has 0 radical (unpaired) electrons. The summed E-state index contributed by atoms with van der Waals surface area (Å²) in [6.45, 7) is 3.17. The Balaban J connectivity index is 0.000000333. The fraction of sp³-hybridized carbons (Fsp3) is 0.273. The largest absolute Gasteiger partial charge is 0.492 e. The number of hydrogen-bond donors (Lipinski definition) is 3. The number of aliphatic carboxylic acids is 2. The molecule has 1 unspecified atom stereocenters. The fourth-order valence-corrected chi connectivity index (χ4v) is 5.04. The van der Waals surface area contributed by atoms with Crippen LogP contribution in [0.5, 0.6) is 5.75 Å². The van der Waals surface area contributed by atoms with Crippen molar-refractivity contribution in [3.63, 3.8) is 0 Å². The third-order valence-electron chi connectivity index (χ3n) is 4.97. The predicted molar refractivity (Wildman–Crippen MR) is 125 cm³/mol. The summed E-state index contributed by atoms with van der Waals surface area (Å²) >= 11 is 6.42. The maximum atomic E-state index is 13.5. The summed E-state index contributed by atoms with van der Waals surface area (Å²) in [6.07, 6.45) is -8.82. The fourth-order valence-electron chi connectivity index (χ4n) is 3.29. The first kappa shape index (κ1) is 32.6. The second kappa shape index (κ2) is 12.3. The van der Waals surface area contributed by atoms with Crippen molar-refractivity contribution in [3.05, 3.63) is 59.0 Å². The van der Waals surface area contributed by atoms with Crippen LogP contribution < -0.4 is 10.1 Å². The molecule has 1 atom stereocenters. The van der Waals surface area contributed by atoms with Crippen molar-refractivity contribution in [1.82, 2.24) is 9.29 Å². The maximum absolute atomic E-state index is 13.5. The maximum Gasteiger partial charge on any atom is 0.490 e. The summed E-state index contributed by atoms with van der Waals surface area (Å²) in [5.41, 5.74) is 1.25. The standard InChI is InChI=1S/C18H16ClFN2O3S.2C2HF3O2/c1-11-17-16(25-8-7-21-11)6-5-15-18(17)14(19)10-22(15)26(23,24)13-4-2-3-12(20)9-13;2*3-2(4,5)1(6)7/h2-6,9-11,21H,7-8H2,1H3;2*(H,6,7). The van der Waals surface area contributed by atoms with Gasteiger partial charge in [-0.25, -0.2) is 26.4 Å². The predicted octanol–water partition coefficient (Wildman–Crippen LogP) is 4.98. The van der Waals surface area contributed by atoms with Crippen LogP contribution in [-0.2, 0) is 19.6 Å². The van der Waals surface area contributed by atoms with Gasteiger partial charge in [0.05, 0.1) is 15.4 Å². The molecular formula is C22H18ClF7N2O7S. The number of halogens is 8. The normalized spacial score (nSPS) is 15.4. The van der Waals surface area contributed by atoms with Gasteiger partial charge in [0, 0.05) is 29.7 Å². The van der Waals surface area contributed by atoms with Crippen LogP contribution in [0.15, 0.2) is 47.5 Å². The van der Waals surface area contributed by atoms with Crippen molar-refractivity contribution in [2.24, 2.45) is 0 Å². The molecule has 0 amide bonds. The van der Waals surface area contributed by atoms with Crippen LogP contribution in [0, 0.1) is 5.82 Å². The molecule has 3 aromatic rings. The Morgan fingerprint density at radius 2 is 1.60 bits per heavy atom. The van der Waals surface area contributed by atoms with Gasteiger partial charge in [-0.15, -0.1) is 0 Å². The number of aromatic nitrogens is 1. The Kier molecular flexibility index (Phi) is 10.0. The van der Waals surface area contributed by atoms with E-state index in [-0.39, 0.29) is 10.9 Å². The number of benzene rings is 2. The number of carboxylic acid groups (broad SMARTS) is 2. The molecule has 4 rings (SSSR count). The molecule has 0 aliphatic carbocycles. The van der Waals surface area contributed by atoms with E-state index in [1.165, 1.54) is 24.4 Å². The smallest absolute Gasteiger partial charge is 0.490 e. The molecular weight excluding hydrogens is 605 g/mol. The van der Waals surface area contributed by atoms with Gasteiger partial charge in [0.15, 0.2) is 0 Å². The molecule has 0 spiro atoms. The molecule has 0 fully saturated rings. The topological polar surface area (TPSA) is 135 Å². The second-order valence-electron chi connectivity index (χ2n) is 7.74. The van der Waals surface area contributed by atoms with Gasteiger partial charge in [-0.3, -0.25) is 0 Å². The first-order chi connectivity index (χ1) is 18.3. The highest BCUT2D eigenvalue weighted by Gasteiger charge is 2.39. The van der Waals surface area contributed by atoms with Crippen molar-refractivity contribution in [3.8, 4) is 5.75 Å². The van der Waals surface area contributed by atoms with Crippen LogP contribution in [0.1, 0.15) is 18.5 Å². The van der Waals surface area contributed by atoms with Gasteiger partial charge < -0.3 is 20.3 Å². The van der Waals surface area contributed by atoms with Crippen LogP contribution in [0.3, 0.4) is 0 Å². The van der Waals surface area contributed by atoms with E-state index in [9.17, 15) is 39.2 Å². The molecule has 220 valence electrons. The Morgan fingerprint density at radius 1 is 1.05 bits per heavy atom. The molecule has 0 saturated heterocycles. The lowest BCUT2D eigenvalue weighted by molar-refractivity contribution is -0.193. The van der Waals surface area contributed by atoms with Crippen LogP contribution in [0.4, 0.5) is 30.7 Å². The van der Waals surface area contributed by atoms with E-state index < -0.39 is 40.1 Å². The van der Waals surface area contributed by atoms with E-state index in [1.54, 1.807) is 12.1 Å². The van der Waals surface area contributed by atoms with E-state index in [1.807, 2.05) is 6.92 Å².